The zero-order valence-electron chi connectivity index (χ0n) is 17.9. The largest absolute Gasteiger partial charge is 0.243 e. The Bertz CT molecular complexity index is 708. The predicted molar refractivity (Wildman–Crippen MR) is 110 cm³/mol. The molecule has 26 heavy (non-hydrogen) atoms. The fraction of sp³-hybridized carbons (Fsp3) is 0.727. The molecule has 1 aromatic carbocycles. The highest BCUT2D eigenvalue weighted by Crippen LogP contribution is 2.47. The first-order valence-electron chi connectivity index (χ1n) is 9.80. The highest BCUT2D eigenvalue weighted by molar-refractivity contribution is 7.89. The van der Waals surface area contributed by atoms with Gasteiger partial charge in [-0.05, 0) is 53.2 Å². The van der Waals surface area contributed by atoms with Crippen molar-refractivity contribution in [3.05, 3.63) is 29.8 Å². The van der Waals surface area contributed by atoms with E-state index in [0.29, 0.717) is 11.4 Å². The quantitative estimate of drug-likeness (QED) is 0.683. The van der Waals surface area contributed by atoms with E-state index >= 15 is 0 Å². The molecular weight excluding hydrogens is 342 g/mol. The fourth-order valence-electron chi connectivity index (χ4n) is 4.88. The third-order valence-corrected chi connectivity index (χ3v) is 7.62. The zero-order valence-corrected chi connectivity index (χ0v) is 18.7. The van der Waals surface area contributed by atoms with E-state index < -0.39 is 10.0 Å². The molecule has 3 nitrogen and oxygen atoms in total. The lowest BCUT2D eigenvalue weighted by Crippen LogP contribution is -2.48. The maximum Gasteiger partial charge on any atom is 0.243 e. The lowest BCUT2D eigenvalue weighted by atomic mass is 9.63. The summed E-state index contributed by atoms with van der Waals surface area (Å²) in [5.74, 6) is 0. The van der Waals surface area contributed by atoms with Crippen LogP contribution >= 0.6 is 0 Å². The van der Waals surface area contributed by atoms with Crippen LogP contribution in [0.1, 0.15) is 80.2 Å². The van der Waals surface area contributed by atoms with E-state index in [2.05, 4.69) is 48.5 Å². The second-order valence-electron chi connectivity index (χ2n) is 10.6. The highest BCUT2D eigenvalue weighted by atomic mass is 32.2. The lowest BCUT2D eigenvalue weighted by molar-refractivity contribution is 0.0576. The molecule has 0 heterocycles. The average Bonchev–Trinajstić information content (AvgIpc) is 2.43. The normalized spacial score (nSPS) is 21.1. The molecule has 1 aliphatic rings. The summed E-state index contributed by atoms with van der Waals surface area (Å²) >= 11 is 0. The first-order chi connectivity index (χ1) is 11.7. The first-order valence-corrected chi connectivity index (χ1v) is 11.2. The van der Waals surface area contributed by atoms with Crippen molar-refractivity contribution in [2.24, 2.45) is 10.8 Å². The van der Waals surface area contributed by atoms with E-state index in [1.54, 1.807) is 16.4 Å². The number of benzene rings is 1. The molecule has 0 bridgehead atoms. The van der Waals surface area contributed by atoms with Crippen LogP contribution in [0.25, 0.3) is 0 Å². The maximum atomic E-state index is 13.4. The van der Waals surface area contributed by atoms with Crippen LogP contribution < -0.4 is 0 Å². The van der Waals surface area contributed by atoms with Gasteiger partial charge >= 0.3 is 0 Å². The van der Waals surface area contributed by atoms with Gasteiger partial charge in [-0.25, -0.2) is 8.42 Å². The van der Waals surface area contributed by atoms with E-state index in [-0.39, 0.29) is 22.3 Å². The van der Waals surface area contributed by atoms with Gasteiger partial charge in [0.25, 0.3) is 0 Å². The number of hydrogen-bond acceptors (Lipinski definition) is 2. The number of nitrogens with zero attached hydrogens (tertiary/aromatic N) is 1. The third kappa shape index (κ3) is 4.69. The predicted octanol–water partition coefficient (Wildman–Crippen LogP) is 5.60. The topological polar surface area (TPSA) is 37.4 Å². The summed E-state index contributed by atoms with van der Waals surface area (Å²) in [4.78, 5) is 0.411. The van der Waals surface area contributed by atoms with Crippen LogP contribution in [0.3, 0.4) is 0 Å². The van der Waals surface area contributed by atoms with Crippen LogP contribution in [0.15, 0.2) is 29.2 Å². The molecular formula is C22H37NO2S. The molecule has 0 atom stereocenters. The minimum atomic E-state index is -3.48. The van der Waals surface area contributed by atoms with E-state index in [4.69, 9.17) is 0 Å². The molecule has 1 fully saturated rings. The highest BCUT2D eigenvalue weighted by Gasteiger charge is 2.43. The smallest absolute Gasteiger partial charge is 0.207 e. The van der Waals surface area contributed by atoms with Crippen molar-refractivity contribution in [1.82, 2.24) is 4.31 Å². The van der Waals surface area contributed by atoms with Gasteiger partial charge in [-0.2, -0.15) is 4.31 Å². The van der Waals surface area contributed by atoms with Crippen LogP contribution in [0.4, 0.5) is 0 Å². The van der Waals surface area contributed by atoms with Crippen molar-refractivity contribution in [2.75, 3.05) is 6.54 Å². The number of sulfonamides is 1. The van der Waals surface area contributed by atoms with Gasteiger partial charge in [-0.3, -0.25) is 0 Å². The van der Waals surface area contributed by atoms with Crippen LogP contribution in [0, 0.1) is 10.8 Å². The summed E-state index contributed by atoms with van der Waals surface area (Å²) in [5, 5.41) is 0. The Labute approximate surface area is 161 Å². The van der Waals surface area contributed by atoms with E-state index in [1.165, 1.54) is 0 Å². The van der Waals surface area contributed by atoms with Crippen LogP contribution in [-0.4, -0.2) is 25.3 Å². The summed E-state index contributed by atoms with van der Waals surface area (Å²) in [7, 11) is -3.48. The number of hydrogen-bond donors (Lipinski definition) is 0. The molecule has 2 rings (SSSR count). The molecule has 0 amide bonds. The van der Waals surface area contributed by atoms with E-state index in [1.807, 2.05) is 19.1 Å². The first kappa shape index (κ1) is 21.4. The lowest BCUT2D eigenvalue weighted by Gasteiger charge is -2.47. The van der Waals surface area contributed by atoms with Crippen molar-refractivity contribution < 1.29 is 8.42 Å². The Morgan fingerprint density at radius 2 is 1.46 bits per heavy atom. The van der Waals surface area contributed by atoms with Crippen molar-refractivity contribution in [2.45, 2.75) is 91.0 Å². The molecule has 0 N–H and O–H groups in total. The van der Waals surface area contributed by atoms with Gasteiger partial charge in [0.15, 0.2) is 0 Å². The summed E-state index contributed by atoms with van der Waals surface area (Å²) in [5.41, 5.74) is 1.49. The molecule has 148 valence electrons. The van der Waals surface area contributed by atoms with Gasteiger partial charge in [0.05, 0.1) is 4.90 Å². The van der Waals surface area contributed by atoms with E-state index in [0.717, 1.165) is 24.8 Å². The third-order valence-electron chi connectivity index (χ3n) is 5.58. The summed E-state index contributed by atoms with van der Waals surface area (Å²) in [6.45, 7) is 17.9. The Balaban J connectivity index is 2.36. The molecule has 0 saturated heterocycles. The Kier molecular flexibility index (Phi) is 5.72. The van der Waals surface area contributed by atoms with Gasteiger partial charge in [-0.1, -0.05) is 67.5 Å². The van der Waals surface area contributed by atoms with Gasteiger partial charge in [0, 0.05) is 12.6 Å². The van der Waals surface area contributed by atoms with Gasteiger partial charge in [0.1, 0.15) is 0 Å². The minimum absolute atomic E-state index is 0.0180. The molecule has 1 aromatic rings. The summed E-state index contributed by atoms with van der Waals surface area (Å²) < 4.78 is 28.5. The van der Waals surface area contributed by atoms with Crippen molar-refractivity contribution in [1.29, 1.82) is 0 Å². The van der Waals surface area contributed by atoms with Crippen molar-refractivity contribution >= 4 is 10.0 Å². The maximum absolute atomic E-state index is 13.4. The van der Waals surface area contributed by atoms with Gasteiger partial charge in [-0.15, -0.1) is 0 Å². The van der Waals surface area contributed by atoms with Crippen LogP contribution in [0.2, 0.25) is 0 Å². The fourth-order valence-corrected chi connectivity index (χ4v) is 6.51. The average molecular weight is 380 g/mol. The Morgan fingerprint density at radius 1 is 1.00 bits per heavy atom. The van der Waals surface area contributed by atoms with Crippen molar-refractivity contribution in [3.8, 4) is 0 Å². The van der Waals surface area contributed by atoms with Gasteiger partial charge in [0.2, 0.25) is 10.0 Å². The van der Waals surface area contributed by atoms with Gasteiger partial charge < -0.3 is 0 Å². The molecule has 1 saturated carbocycles. The second-order valence-corrected chi connectivity index (χ2v) is 12.4. The Hall–Kier alpha value is -0.870. The minimum Gasteiger partial charge on any atom is -0.207 e. The molecule has 1 aliphatic carbocycles. The second kappa shape index (κ2) is 6.94. The number of rotatable bonds is 4. The summed E-state index contributed by atoms with van der Waals surface area (Å²) in [6.07, 6.45) is 2.97. The van der Waals surface area contributed by atoms with Crippen LogP contribution in [-0.2, 0) is 15.4 Å². The molecule has 0 aliphatic heterocycles. The monoisotopic (exact) mass is 379 g/mol. The molecule has 4 heteroatoms. The van der Waals surface area contributed by atoms with Crippen molar-refractivity contribution in [3.63, 3.8) is 0 Å². The molecule has 0 unspecified atom stereocenters. The molecule has 0 aromatic heterocycles. The molecule has 0 spiro atoms. The molecule has 0 radical (unpaired) electrons. The summed E-state index contributed by atoms with van der Waals surface area (Å²) in [6, 6.07) is 7.52. The zero-order chi connectivity index (χ0) is 20.0. The standard InChI is InChI=1S/C22H37NO2S/c1-9-23(18-14-21(5,6)16-22(7,8)15-18)26(24,25)19-12-10-17(11-13-19)20(2,3)4/h10-13,18H,9,14-16H2,1-8H3. The van der Waals surface area contributed by atoms with E-state index in [9.17, 15) is 8.42 Å². The Morgan fingerprint density at radius 3 is 1.85 bits per heavy atom. The SMILES string of the molecule is CCN(C1CC(C)(C)CC(C)(C)C1)S(=O)(=O)c1ccc(C(C)(C)C)cc1. The van der Waals surface area contributed by atoms with Crippen LogP contribution in [0.5, 0.6) is 0 Å².